The summed E-state index contributed by atoms with van der Waals surface area (Å²) < 4.78 is 0. The van der Waals surface area contributed by atoms with Crippen LogP contribution in [0.4, 0.5) is 0 Å². The first-order chi connectivity index (χ1) is 7.06. The van der Waals surface area contributed by atoms with Crippen LogP contribution in [0.25, 0.3) is 6.08 Å². The minimum atomic E-state index is -1.33. The molecule has 0 fully saturated rings. The van der Waals surface area contributed by atoms with E-state index in [0.29, 0.717) is 0 Å². The van der Waals surface area contributed by atoms with E-state index in [2.05, 4.69) is 15.9 Å². The third-order valence-corrected chi connectivity index (χ3v) is 3.11. The summed E-state index contributed by atoms with van der Waals surface area (Å²) in [5.41, 5.74) is -0.387. The second-order valence-electron chi connectivity index (χ2n) is 3.52. The molecular weight excluding hydrogens is 256 g/mol. The van der Waals surface area contributed by atoms with Gasteiger partial charge in [-0.1, -0.05) is 52.3 Å². The van der Waals surface area contributed by atoms with E-state index in [1.807, 2.05) is 30.3 Å². The fourth-order valence-corrected chi connectivity index (χ4v) is 1.26. The molecule has 0 saturated heterocycles. The van der Waals surface area contributed by atoms with Gasteiger partial charge < -0.3 is 5.11 Å². The highest BCUT2D eigenvalue weighted by molar-refractivity contribution is 9.09. The molecule has 80 valence electrons. The lowest BCUT2D eigenvalue weighted by atomic mass is 10.0. The van der Waals surface area contributed by atoms with E-state index in [1.54, 1.807) is 6.08 Å². The molecule has 0 aliphatic heterocycles. The van der Waals surface area contributed by atoms with Gasteiger partial charge in [0.05, 0.1) is 0 Å². The second kappa shape index (κ2) is 5.24. The number of hydrogen-bond donors (Lipinski definition) is 1. The average molecular weight is 269 g/mol. The predicted molar refractivity (Wildman–Crippen MR) is 64.9 cm³/mol. The maximum Gasteiger partial charge on any atom is 0.187 e. The third-order valence-electron chi connectivity index (χ3n) is 2.02. The minimum Gasteiger partial charge on any atom is -0.381 e. The van der Waals surface area contributed by atoms with Crippen LogP contribution < -0.4 is 0 Å². The SMILES string of the molecule is CC(O)(CBr)C(=O)C=Cc1ccccc1. The number of ketones is 1. The van der Waals surface area contributed by atoms with Crippen molar-refractivity contribution in [1.82, 2.24) is 0 Å². The molecule has 1 rings (SSSR count). The van der Waals surface area contributed by atoms with E-state index in [4.69, 9.17) is 0 Å². The van der Waals surface area contributed by atoms with Gasteiger partial charge in [0, 0.05) is 5.33 Å². The molecule has 1 aromatic rings. The molecule has 0 aliphatic carbocycles. The molecule has 0 aliphatic rings. The van der Waals surface area contributed by atoms with Crippen molar-refractivity contribution in [1.29, 1.82) is 0 Å². The lowest BCUT2D eigenvalue weighted by molar-refractivity contribution is -0.128. The Morgan fingerprint density at radius 2 is 2.07 bits per heavy atom. The molecule has 0 aromatic heterocycles. The van der Waals surface area contributed by atoms with Crippen molar-refractivity contribution in [2.45, 2.75) is 12.5 Å². The van der Waals surface area contributed by atoms with Crippen molar-refractivity contribution in [3.05, 3.63) is 42.0 Å². The van der Waals surface area contributed by atoms with Crippen molar-refractivity contribution in [2.24, 2.45) is 0 Å². The van der Waals surface area contributed by atoms with Crippen LogP contribution in [-0.4, -0.2) is 21.8 Å². The lowest BCUT2D eigenvalue weighted by Gasteiger charge is -2.15. The van der Waals surface area contributed by atoms with Crippen molar-refractivity contribution in [2.75, 3.05) is 5.33 Å². The van der Waals surface area contributed by atoms with Gasteiger partial charge in [0.2, 0.25) is 0 Å². The molecule has 0 spiro atoms. The first-order valence-electron chi connectivity index (χ1n) is 4.62. The van der Waals surface area contributed by atoms with Crippen LogP contribution in [0.1, 0.15) is 12.5 Å². The van der Waals surface area contributed by atoms with Gasteiger partial charge in [-0.3, -0.25) is 4.79 Å². The molecular formula is C12H13BrO2. The van der Waals surface area contributed by atoms with Crippen LogP contribution in [0.2, 0.25) is 0 Å². The number of benzene rings is 1. The molecule has 1 atom stereocenters. The fraction of sp³-hybridized carbons (Fsp3) is 0.250. The number of alkyl halides is 1. The van der Waals surface area contributed by atoms with E-state index >= 15 is 0 Å². The highest BCUT2D eigenvalue weighted by atomic mass is 79.9. The second-order valence-corrected chi connectivity index (χ2v) is 4.08. The van der Waals surface area contributed by atoms with Crippen molar-refractivity contribution in [3.8, 4) is 0 Å². The summed E-state index contributed by atoms with van der Waals surface area (Å²) in [6.45, 7) is 1.49. The summed E-state index contributed by atoms with van der Waals surface area (Å²) in [7, 11) is 0. The number of halogens is 1. The minimum absolute atomic E-state index is 0.234. The summed E-state index contributed by atoms with van der Waals surface area (Å²) in [4.78, 5) is 11.5. The quantitative estimate of drug-likeness (QED) is 0.673. The monoisotopic (exact) mass is 268 g/mol. The lowest BCUT2D eigenvalue weighted by Crippen LogP contribution is -2.35. The van der Waals surface area contributed by atoms with Crippen LogP contribution >= 0.6 is 15.9 Å². The van der Waals surface area contributed by atoms with Crippen LogP contribution in [0.3, 0.4) is 0 Å². The topological polar surface area (TPSA) is 37.3 Å². The predicted octanol–water partition coefficient (Wildman–Crippen LogP) is 2.41. The molecule has 1 unspecified atom stereocenters. The molecule has 0 bridgehead atoms. The number of carbonyl (C=O) groups is 1. The molecule has 1 aromatic carbocycles. The van der Waals surface area contributed by atoms with Gasteiger partial charge in [-0.25, -0.2) is 0 Å². The van der Waals surface area contributed by atoms with E-state index < -0.39 is 5.60 Å². The average Bonchev–Trinajstić information content (AvgIpc) is 2.27. The van der Waals surface area contributed by atoms with Gasteiger partial charge in [-0.2, -0.15) is 0 Å². The smallest absolute Gasteiger partial charge is 0.187 e. The van der Waals surface area contributed by atoms with Crippen LogP contribution in [0.5, 0.6) is 0 Å². The first-order valence-corrected chi connectivity index (χ1v) is 5.74. The molecule has 0 amide bonds. The van der Waals surface area contributed by atoms with Gasteiger partial charge in [-0.05, 0) is 18.6 Å². The largest absolute Gasteiger partial charge is 0.381 e. The number of aliphatic hydroxyl groups is 1. The fourth-order valence-electron chi connectivity index (χ4n) is 0.981. The van der Waals surface area contributed by atoms with Gasteiger partial charge in [-0.15, -0.1) is 0 Å². The summed E-state index contributed by atoms with van der Waals surface area (Å²) in [6, 6.07) is 9.49. The van der Waals surface area contributed by atoms with Gasteiger partial charge in [0.1, 0.15) is 5.60 Å². The van der Waals surface area contributed by atoms with Crippen LogP contribution in [0, 0.1) is 0 Å². The van der Waals surface area contributed by atoms with Gasteiger partial charge in [0.15, 0.2) is 5.78 Å². The Labute approximate surface area is 97.8 Å². The standard InChI is InChI=1S/C12H13BrO2/c1-12(15,9-13)11(14)8-7-10-5-3-2-4-6-10/h2-8,15H,9H2,1H3. The first kappa shape index (κ1) is 12.1. The van der Waals surface area contributed by atoms with E-state index in [-0.39, 0.29) is 11.1 Å². The number of carbonyl (C=O) groups excluding carboxylic acids is 1. The summed E-state index contributed by atoms with van der Waals surface area (Å²) in [5.74, 6) is -0.303. The summed E-state index contributed by atoms with van der Waals surface area (Å²) in [6.07, 6.45) is 3.09. The van der Waals surface area contributed by atoms with Crippen molar-refractivity contribution in [3.63, 3.8) is 0 Å². The normalized spacial score (nSPS) is 15.1. The Bertz CT molecular complexity index is 355. The molecule has 2 nitrogen and oxygen atoms in total. The third kappa shape index (κ3) is 3.61. The summed E-state index contributed by atoms with van der Waals surface area (Å²) in [5, 5.41) is 9.86. The molecule has 15 heavy (non-hydrogen) atoms. The van der Waals surface area contributed by atoms with E-state index in [0.717, 1.165) is 5.56 Å². The maximum atomic E-state index is 11.5. The Kier molecular flexibility index (Phi) is 4.24. The zero-order chi connectivity index (χ0) is 11.3. The molecule has 3 heteroatoms. The van der Waals surface area contributed by atoms with Crippen LogP contribution in [0.15, 0.2) is 36.4 Å². The van der Waals surface area contributed by atoms with Gasteiger partial charge >= 0.3 is 0 Å². The van der Waals surface area contributed by atoms with Crippen LogP contribution in [-0.2, 0) is 4.79 Å². The van der Waals surface area contributed by atoms with E-state index in [9.17, 15) is 9.90 Å². The maximum absolute atomic E-state index is 11.5. The Morgan fingerprint density at radius 1 is 1.47 bits per heavy atom. The van der Waals surface area contributed by atoms with Crippen molar-refractivity contribution < 1.29 is 9.90 Å². The van der Waals surface area contributed by atoms with Crippen molar-refractivity contribution >= 4 is 27.8 Å². The Balaban J connectivity index is 2.71. The highest BCUT2D eigenvalue weighted by Crippen LogP contribution is 2.11. The van der Waals surface area contributed by atoms with E-state index in [1.165, 1.54) is 13.0 Å². The molecule has 1 N–H and O–H groups in total. The Morgan fingerprint density at radius 3 is 2.60 bits per heavy atom. The van der Waals surface area contributed by atoms with Gasteiger partial charge in [0.25, 0.3) is 0 Å². The summed E-state index contributed by atoms with van der Waals surface area (Å²) >= 11 is 3.09. The molecule has 0 heterocycles. The Hall–Kier alpha value is -0.930. The zero-order valence-electron chi connectivity index (χ0n) is 8.48. The molecule has 0 radical (unpaired) electrons. The zero-order valence-corrected chi connectivity index (χ0v) is 10.1. The highest BCUT2D eigenvalue weighted by Gasteiger charge is 2.25. The number of rotatable bonds is 4. The number of hydrogen-bond acceptors (Lipinski definition) is 2. The molecule has 0 saturated carbocycles.